The Kier molecular flexibility index (Phi) is 12.7. The summed E-state index contributed by atoms with van der Waals surface area (Å²) in [6.07, 6.45) is 1.83. The lowest BCUT2D eigenvalue weighted by Gasteiger charge is -2.04. The normalized spacial score (nSPS) is 10.4. The quantitative estimate of drug-likeness (QED) is 0.127. The van der Waals surface area contributed by atoms with Crippen molar-refractivity contribution in [3.05, 3.63) is 116 Å². The van der Waals surface area contributed by atoms with Crippen molar-refractivity contribution >= 4 is 73.3 Å². The average molecular weight is 763 g/mol. The smallest absolute Gasteiger partial charge is 0.537 e. The van der Waals surface area contributed by atoms with Crippen molar-refractivity contribution in [1.82, 2.24) is 20.0 Å². The number of aryl methyl sites for hydroxylation is 2. The van der Waals surface area contributed by atoms with E-state index in [9.17, 15) is 9.59 Å². The standard InChI is InChI=1S/C17H15BrN2O2.C11H12N2O2.C6H5BBrO2/c1-3-11-7-8-15-14(9-11)16(17(21)22-2)19-20(15)13-6-4-5-12(18)10-13;1-3-7-4-5-9-8(6-7)10(13-12-9)11(14)15-2;8-5-2-1-3-6(4-5)10-7-9/h4-10H,3H2,1-2H3;4-6H,3H2,1-2H3,(H,12,13);1-4,9H. The first-order valence-corrected chi connectivity index (χ1v) is 16.1. The molecule has 0 saturated carbocycles. The average Bonchev–Trinajstić information content (AvgIpc) is 3.69. The summed E-state index contributed by atoms with van der Waals surface area (Å²) in [4.78, 5) is 23.4. The third-order valence-corrected chi connectivity index (χ3v) is 7.97. The van der Waals surface area contributed by atoms with Crippen molar-refractivity contribution < 1.29 is 28.7 Å². The predicted molar refractivity (Wildman–Crippen MR) is 189 cm³/mol. The maximum Gasteiger partial charge on any atom is 0.569 e. The van der Waals surface area contributed by atoms with E-state index in [1.807, 2.05) is 66.7 Å². The second-order valence-corrected chi connectivity index (χ2v) is 11.7. The number of hydrogen-bond donors (Lipinski definition) is 2. The van der Waals surface area contributed by atoms with Gasteiger partial charge in [0.25, 0.3) is 0 Å². The molecule has 0 unspecified atom stereocenters. The Hall–Kier alpha value is -4.46. The molecule has 2 heterocycles. The van der Waals surface area contributed by atoms with Gasteiger partial charge >= 0.3 is 19.6 Å². The highest BCUT2D eigenvalue weighted by Gasteiger charge is 2.19. The van der Waals surface area contributed by atoms with E-state index in [-0.39, 0.29) is 0 Å². The van der Waals surface area contributed by atoms with Crippen LogP contribution in [0.3, 0.4) is 0 Å². The van der Waals surface area contributed by atoms with Crippen molar-refractivity contribution in [2.75, 3.05) is 14.2 Å². The Labute approximate surface area is 289 Å². The zero-order valence-corrected chi connectivity index (χ0v) is 29.3. The molecule has 13 heteroatoms. The molecule has 2 aromatic heterocycles. The first-order valence-electron chi connectivity index (χ1n) is 14.5. The number of rotatable bonds is 7. The molecule has 0 bridgehead atoms. The lowest BCUT2D eigenvalue weighted by atomic mass is 10.1. The summed E-state index contributed by atoms with van der Waals surface area (Å²) in [7, 11) is 3.38. The van der Waals surface area contributed by atoms with Crippen molar-refractivity contribution in [3.63, 3.8) is 0 Å². The second kappa shape index (κ2) is 16.9. The topological polar surface area (TPSA) is 129 Å². The first kappa shape index (κ1) is 35.4. The Balaban J connectivity index is 0.000000173. The number of benzene rings is 4. The van der Waals surface area contributed by atoms with Crippen LogP contribution in [0.15, 0.2) is 93.9 Å². The van der Waals surface area contributed by atoms with E-state index in [1.165, 1.54) is 19.8 Å². The number of nitrogens with zero attached hydrogens (tertiary/aromatic N) is 3. The van der Waals surface area contributed by atoms with Gasteiger partial charge in [-0.2, -0.15) is 10.2 Å². The third-order valence-electron chi connectivity index (χ3n) is 6.98. The number of nitrogens with one attached hydrogen (secondary N) is 1. The Morgan fingerprint density at radius 2 is 1.43 bits per heavy atom. The van der Waals surface area contributed by atoms with Gasteiger partial charge in [0.1, 0.15) is 5.75 Å². The second-order valence-electron chi connectivity index (χ2n) is 9.91. The van der Waals surface area contributed by atoms with Crippen molar-refractivity contribution in [2.45, 2.75) is 26.7 Å². The molecular formula is C34H32BBr2N4O6. The largest absolute Gasteiger partial charge is 0.569 e. The minimum Gasteiger partial charge on any atom is -0.537 e. The van der Waals surface area contributed by atoms with E-state index in [4.69, 9.17) is 9.76 Å². The highest BCUT2D eigenvalue weighted by molar-refractivity contribution is 9.10. The summed E-state index contributed by atoms with van der Waals surface area (Å²) >= 11 is 6.72. The molecule has 0 saturated heterocycles. The van der Waals surface area contributed by atoms with Gasteiger partial charge in [-0.1, -0.05) is 70.0 Å². The molecule has 6 rings (SSSR count). The Bertz CT molecular complexity index is 1990. The molecule has 2 N–H and O–H groups in total. The van der Waals surface area contributed by atoms with E-state index >= 15 is 0 Å². The number of ether oxygens (including phenoxy) is 2. The molecule has 0 aliphatic rings. The van der Waals surface area contributed by atoms with Crippen LogP contribution in [-0.2, 0) is 22.3 Å². The van der Waals surface area contributed by atoms with Gasteiger partial charge in [0.15, 0.2) is 11.4 Å². The van der Waals surface area contributed by atoms with E-state index in [1.54, 1.807) is 16.8 Å². The maximum atomic E-state index is 12.0. The van der Waals surface area contributed by atoms with Gasteiger partial charge in [0, 0.05) is 19.7 Å². The van der Waals surface area contributed by atoms with Crippen LogP contribution in [0.25, 0.3) is 27.5 Å². The fourth-order valence-corrected chi connectivity index (χ4v) is 5.34. The summed E-state index contributed by atoms with van der Waals surface area (Å²) in [5, 5.41) is 21.1. The molecule has 6 aromatic rings. The van der Waals surface area contributed by atoms with Gasteiger partial charge in [-0.25, -0.2) is 14.3 Å². The Morgan fingerprint density at radius 3 is 2.04 bits per heavy atom. The van der Waals surface area contributed by atoms with Crippen LogP contribution in [0.4, 0.5) is 0 Å². The minimum atomic E-state index is -0.424. The summed E-state index contributed by atoms with van der Waals surface area (Å²) in [6, 6.07) is 27.0. The van der Waals surface area contributed by atoms with Gasteiger partial charge in [-0.05, 0) is 84.6 Å². The molecule has 0 fully saturated rings. The lowest BCUT2D eigenvalue weighted by Crippen LogP contribution is -2.04. The number of carbonyl (C=O) groups excluding carboxylic acids is 2. The fourth-order valence-electron chi connectivity index (χ4n) is 4.57. The summed E-state index contributed by atoms with van der Waals surface area (Å²) < 4.78 is 17.9. The van der Waals surface area contributed by atoms with Gasteiger partial charge in [0.2, 0.25) is 0 Å². The zero-order valence-electron chi connectivity index (χ0n) is 26.2. The minimum absolute atomic E-state index is 0.341. The van der Waals surface area contributed by atoms with Crippen molar-refractivity contribution in [1.29, 1.82) is 0 Å². The van der Waals surface area contributed by atoms with E-state index in [2.05, 4.69) is 76.5 Å². The molecular weight excluding hydrogens is 731 g/mol. The van der Waals surface area contributed by atoms with Crippen LogP contribution < -0.4 is 4.65 Å². The van der Waals surface area contributed by atoms with Gasteiger partial charge in [-0.3, -0.25) is 5.10 Å². The fraction of sp³-hybridized carbons (Fsp3) is 0.176. The SMILES string of the molecule is CCc1ccc2[nH]nc(C(=O)OC)c2c1.CCc1ccc2c(c1)c(C(=O)OC)nn2-c1cccc(Br)c1.O[B]Oc1cccc(Br)c1. The number of carbonyl (C=O) groups is 2. The van der Waals surface area contributed by atoms with E-state index in [0.29, 0.717) is 24.8 Å². The number of esters is 2. The van der Waals surface area contributed by atoms with Gasteiger partial charge in [-0.15, -0.1) is 0 Å². The van der Waals surface area contributed by atoms with Gasteiger partial charge in [0.05, 0.1) is 30.9 Å². The summed E-state index contributed by atoms with van der Waals surface area (Å²) in [5.74, 6) is -0.224. The highest BCUT2D eigenvalue weighted by Crippen LogP contribution is 2.26. The molecule has 47 heavy (non-hydrogen) atoms. The molecule has 0 atom stereocenters. The van der Waals surface area contributed by atoms with Gasteiger partial charge < -0.3 is 19.2 Å². The molecule has 10 nitrogen and oxygen atoms in total. The number of fused-ring (bicyclic) bond motifs is 2. The summed E-state index contributed by atoms with van der Waals surface area (Å²) in [6.45, 7) is 4.15. The number of hydrogen-bond acceptors (Lipinski definition) is 8. The van der Waals surface area contributed by atoms with E-state index < -0.39 is 11.9 Å². The van der Waals surface area contributed by atoms with Crippen LogP contribution in [0, 0.1) is 0 Å². The predicted octanol–water partition coefficient (Wildman–Crippen LogP) is 7.40. The molecule has 0 spiro atoms. The molecule has 1 radical (unpaired) electrons. The molecule has 4 aromatic carbocycles. The lowest BCUT2D eigenvalue weighted by molar-refractivity contribution is 0.0587. The van der Waals surface area contributed by atoms with Crippen molar-refractivity contribution in [3.8, 4) is 11.4 Å². The number of aromatic nitrogens is 4. The Morgan fingerprint density at radius 1 is 0.809 bits per heavy atom. The van der Waals surface area contributed by atoms with Crippen LogP contribution in [0.5, 0.6) is 5.75 Å². The molecule has 0 aliphatic heterocycles. The van der Waals surface area contributed by atoms with Crippen molar-refractivity contribution in [2.24, 2.45) is 0 Å². The van der Waals surface area contributed by atoms with Crippen LogP contribution in [0.1, 0.15) is 46.0 Å². The number of methoxy groups -OCH3 is 2. The van der Waals surface area contributed by atoms with E-state index in [0.717, 1.165) is 54.8 Å². The monoisotopic (exact) mass is 761 g/mol. The van der Waals surface area contributed by atoms with Crippen LogP contribution in [-0.4, -0.2) is 58.8 Å². The zero-order chi connectivity index (χ0) is 33.9. The molecule has 241 valence electrons. The first-order chi connectivity index (χ1) is 22.7. The van der Waals surface area contributed by atoms with Crippen LogP contribution in [0.2, 0.25) is 0 Å². The van der Waals surface area contributed by atoms with Crippen LogP contribution >= 0.6 is 31.9 Å². The number of halogens is 2. The third kappa shape index (κ3) is 8.88. The number of aromatic amines is 1. The highest BCUT2D eigenvalue weighted by atomic mass is 79.9. The molecule has 0 aliphatic carbocycles. The molecule has 0 amide bonds. The maximum absolute atomic E-state index is 12.0. The summed E-state index contributed by atoms with van der Waals surface area (Å²) in [5.41, 5.74) is 5.65. The number of H-pyrrole nitrogens is 1.